The Hall–Kier alpha value is -2.35. The molecular formula is C16H18F3N3O2. The lowest BCUT2D eigenvalue weighted by Crippen LogP contribution is -2.16. The lowest BCUT2D eigenvalue weighted by Gasteiger charge is -2.14. The van der Waals surface area contributed by atoms with E-state index in [4.69, 9.17) is 5.73 Å². The smallest absolute Gasteiger partial charge is 0.391 e. The SMILES string of the molecule is NC(=O)c1cn(C[C@@H](O)CCCc2ccccc2C(F)(F)F)cn1. The molecule has 0 unspecified atom stereocenters. The minimum Gasteiger partial charge on any atom is -0.391 e. The van der Waals surface area contributed by atoms with Gasteiger partial charge in [0, 0.05) is 12.7 Å². The summed E-state index contributed by atoms with van der Waals surface area (Å²) in [5.41, 5.74) is 4.76. The third kappa shape index (κ3) is 4.82. The Morgan fingerprint density at radius 1 is 1.33 bits per heavy atom. The minimum absolute atomic E-state index is 0.0984. The van der Waals surface area contributed by atoms with Crippen LogP contribution in [-0.4, -0.2) is 26.7 Å². The van der Waals surface area contributed by atoms with Crippen molar-refractivity contribution in [2.75, 3.05) is 0 Å². The van der Waals surface area contributed by atoms with Gasteiger partial charge in [-0.15, -0.1) is 0 Å². The number of hydrogen-bond acceptors (Lipinski definition) is 3. The highest BCUT2D eigenvalue weighted by molar-refractivity contribution is 5.90. The second kappa shape index (κ2) is 7.48. The number of primary amides is 1. The standard InChI is InChI=1S/C16H18F3N3O2/c17-16(18,19)13-7-2-1-4-11(13)5-3-6-12(23)8-22-9-14(15(20)24)21-10-22/h1-2,4,7,9-10,12,23H,3,5-6,8H2,(H2,20,24)/t12-/m0/s1. The number of alkyl halides is 3. The van der Waals surface area contributed by atoms with E-state index in [1.165, 1.54) is 29.2 Å². The average Bonchev–Trinajstić information content (AvgIpc) is 2.95. The Kier molecular flexibility index (Phi) is 5.61. The number of benzene rings is 1. The molecule has 130 valence electrons. The van der Waals surface area contributed by atoms with Crippen molar-refractivity contribution in [1.82, 2.24) is 9.55 Å². The van der Waals surface area contributed by atoms with Gasteiger partial charge in [0.15, 0.2) is 0 Å². The third-order valence-electron chi connectivity index (χ3n) is 3.61. The van der Waals surface area contributed by atoms with Crippen molar-refractivity contribution >= 4 is 5.91 Å². The molecule has 24 heavy (non-hydrogen) atoms. The van der Waals surface area contributed by atoms with Crippen molar-refractivity contribution in [2.45, 2.75) is 38.1 Å². The zero-order valence-corrected chi connectivity index (χ0v) is 12.8. The summed E-state index contributed by atoms with van der Waals surface area (Å²) >= 11 is 0. The number of rotatable bonds is 7. The number of nitrogens with zero attached hydrogens (tertiary/aromatic N) is 2. The molecule has 0 aliphatic rings. The molecule has 1 aromatic carbocycles. The molecule has 1 atom stereocenters. The zero-order valence-electron chi connectivity index (χ0n) is 12.8. The lowest BCUT2D eigenvalue weighted by atomic mass is 10.0. The number of aryl methyl sites for hydroxylation is 1. The molecule has 0 bridgehead atoms. The van der Waals surface area contributed by atoms with Gasteiger partial charge in [0.25, 0.3) is 5.91 Å². The van der Waals surface area contributed by atoms with Crippen LogP contribution >= 0.6 is 0 Å². The fourth-order valence-corrected chi connectivity index (χ4v) is 2.46. The van der Waals surface area contributed by atoms with Gasteiger partial charge in [0.2, 0.25) is 0 Å². The summed E-state index contributed by atoms with van der Waals surface area (Å²) in [4.78, 5) is 14.7. The van der Waals surface area contributed by atoms with E-state index in [2.05, 4.69) is 4.98 Å². The molecule has 1 heterocycles. The number of aliphatic hydroxyl groups excluding tert-OH is 1. The van der Waals surface area contributed by atoms with Crippen molar-refractivity contribution < 1.29 is 23.1 Å². The van der Waals surface area contributed by atoms with Crippen LogP contribution in [0.5, 0.6) is 0 Å². The second-order valence-corrected chi connectivity index (χ2v) is 5.52. The topological polar surface area (TPSA) is 81.1 Å². The van der Waals surface area contributed by atoms with Crippen LogP contribution in [0.25, 0.3) is 0 Å². The summed E-state index contributed by atoms with van der Waals surface area (Å²) in [5.74, 6) is -0.660. The largest absolute Gasteiger partial charge is 0.416 e. The number of nitrogens with two attached hydrogens (primary N) is 1. The van der Waals surface area contributed by atoms with Crippen LogP contribution in [-0.2, 0) is 19.1 Å². The summed E-state index contributed by atoms with van der Waals surface area (Å²) in [5, 5.41) is 9.97. The van der Waals surface area contributed by atoms with Gasteiger partial charge < -0.3 is 15.4 Å². The van der Waals surface area contributed by atoms with Gasteiger partial charge in [0.05, 0.1) is 18.0 Å². The number of amides is 1. The van der Waals surface area contributed by atoms with Crippen molar-refractivity contribution in [1.29, 1.82) is 0 Å². The van der Waals surface area contributed by atoms with Crippen LogP contribution in [0.4, 0.5) is 13.2 Å². The molecular weight excluding hydrogens is 323 g/mol. The van der Waals surface area contributed by atoms with Crippen LogP contribution in [0.15, 0.2) is 36.8 Å². The summed E-state index contributed by atoms with van der Waals surface area (Å²) in [7, 11) is 0. The predicted octanol–water partition coefficient (Wildman–Crippen LogP) is 2.38. The average molecular weight is 341 g/mol. The van der Waals surface area contributed by atoms with Crippen molar-refractivity contribution in [3.63, 3.8) is 0 Å². The summed E-state index contributed by atoms with van der Waals surface area (Å²) in [6.07, 6.45) is -1.37. The first-order valence-corrected chi connectivity index (χ1v) is 7.42. The van der Waals surface area contributed by atoms with E-state index in [1.807, 2.05) is 0 Å². The van der Waals surface area contributed by atoms with E-state index in [1.54, 1.807) is 6.07 Å². The molecule has 1 amide bonds. The molecule has 0 saturated heterocycles. The van der Waals surface area contributed by atoms with Crippen molar-refractivity contribution in [2.24, 2.45) is 5.73 Å². The molecule has 0 saturated carbocycles. The molecule has 3 N–H and O–H groups in total. The highest BCUT2D eigenvalue weighted by Crippen LogP contribution is 2.32. The quantitative estimate of drug-likeness (QED) is 0.811. The van der Waals surface area contributed by atoms with Gasteiger partial charge in [-0.1, -0.05) is 18.2 Å². The van der Waals surface area contributed by atoms with Gasteiger partial charge in [-0.05, 0) is 30.9 Å². The Morgan fingerprint density at radius 2 is 2.04 bits per heavy atom. The predicted molar refractivity (Wildman–Crippen MR) is 81.1 cm³/mol. The first kappa shape index (κ1) is 18.0. The van der Waals surface area contributed by atoms with E-state index >= 15 is 0 Å². The van der Waals surface area contributed by atoms with Crippen LogP contribution in [0, 0.1) is 0 Å². The number of hydrogen-bond donors (Lipinski definition) is 2. The fourth-order valence-electron chi connectivity index (χ4n) is 2.46. The minimum atomic E-state index is -4.38. The molecule has 0 spiro atoms. The summed E-state index contributed by atoms with van der Waals surface area (Å²) < 4.78 is 40.2. The highest BCUT2D eigenvalue weighted by atomic mass is 19.4. The first-order valence-electron chi connectivity index (χ1n) is 7.42. The van der Waals surface area contributed by atoms with E-state index in [0.717, 1.165) is 6.07 Å². The van der Waals surface area contributed by atoms with E-state index < -0.39 is 23.8 Å². The maximum atomic E-state index is 12.9. The highest BCUT2D eigenvalue weighted by Gasteiger charge is 2.32. The van der Waals surface area contributed by atoms with Gasteiger partial charge in [-0.25, -0.2) is 4.98 Å². The number of aromatic nitrogens is 2. The van der Waals surface area contributed by atoms with Crippen LogP contribution in [0.1, 0.15) is 34.5 Å². The maximum absolute atomic E-state index is 12.9. The molecule has 0 aliphatic carbocycles. The fraction of sp³-hybridized carbons (Fsp3) is 0.375. The number of carbonyl (C=O) groups excluding carboxylic acids is 1. The Morgan fingerprint density at radius 3 is 2.67 bits per heavy atom. The molecule has 0 radical (unpaired) electrons. The first-order chi connectivity index (χ1) is 11.3. The Balaban J connectivity index is 1.87. The number of halogens is 3. The molecule has 0 fully saturated rings. The number of aliphatic hydroxyl groups is 1. The van der Waals surface area contributed by atoms with Gasteiger partial charge in [0.1, 0.15) is 5.69 Å². The summed E-state index contributed by atoms with van der Waals surface area (Å²) in [6, 6.07) is 5.43. The Bertz CT molecular complexity index is 698. The molecule has 5 nitrogen and oxygen atoms in total. The van der Waals surface area contributed by atoms with E-state index in [-0.39, 0.29) is 24.2 Å². The number of carbonyl (C=O) groups is 1. The molecule has 8 heteroatoms. The van der Waals surface area contributed by atoms with Crippen molar-refractivity contribution in [3.8, 4) is 0 Å². The van der Waals surface area contributed by atoms with Crippen LogP contribution < -0.4 is 5.73 Å². The van der Waals surface area contributed by atoms with Crippen LogP contribution in [0.2, 0.25) is 0 Å². The van der Waals surface area contributed by atoms with Gasteiger partial charge in [-0.2, -0.15) is 13.2 Å². The molecule has 0 aliphatic heterocycles. The normalized spacial score (nSPS) is 13.0. The zero-order chi connectivity index (χ0) is 17.7. The van der Waals surface area contributed by atoms with E-state index in [0.29, 0.717) is 12.8 Å². The van der Waals surface area contributed by atoms with Gasteiger partial charge in [-0.3, -0.25) is 4.79 Å². The molecule has 1 aromatic heterocycles. The Labute approximate surface area is 136 Å². The summed E-state index contributed by atoms with van der Waals surface area (Å²) in [6.45, 7) is 0.196. The second-order valence-electron chi connectivity index (χ2n) is 5.52. The third-order valence-corrected chi connectivity index (χ3v) is 3.61. The number of imidazole rings is 1. The lowest BCUT2D eigenvalue weighted by molar-refractivity contribution is -0.138. The van der Waals surface area contributed by atoms with E-state index in [9.17, 15) is 23.1 Å². The van der Waals surface area contributed by atoms with Crippen LogP contribution in [0.3, 0.4) is 0 Å². The molecule has 2 aromatic rings. The monoisotopic (exact) mass is 341 g/mol. The molecule has 2 rings (SSSR count). The van der Waals surface area contributed by atoms with Gasteiger partial charge >= 0.3 is 6.18 Å². The van der Waals surface area contributed by atoms with Crippen molar-refractivity contribution in [3.05, 3.63) is 53.6 Å². The maximum Gasteiger partial charge on any atom is 0.416 e.